The number of carbonyl (C=O) groups excluding carboxylic acids is 1. The fourth-order valence-corrected chi connectivity index (χ4v) is 3.09. The van der Waals surface area contributed by atoms with Gasteiger partial charge in [-0.3, -0.25) is 4.79 Å². The highest BCUT2D eigenvalue weighted by Crippen LogP contribution is 2.25. The summed E-state index contributed by atoms with van der Waals surface area (Å²) < 4.78 is 7.34. The Balaban J connectivity index is 1.72. The molecular weight excluding hydrogens is 354 g/mol. The van der Waals surface area contributed by atoms with Gasteiger partial charge in [0.2, 0.25) is 5.89 Å². The van der Waals surface area contributed by atoms with Crippen molar-refractivity contribution in [1.82, 2.24) is 25.1 Å². The smallest absolute Gasteiger partial charge is 0.252 e. The predicted molar refractivity (Wildman–Crippen MR) is 106 cm³/mol. The average molecular weight is 375 g/mol. The Morgan fingerprint density at radius 1 is 1.18 bits per heavy atom. The third-order valence-electron chi connectivity index (χ3n) is 4.70. The Kier molecular flexibility index (Phi) is 4.65. The number of benzene rings is 1. The number of oxazole rings is 1. The number of aromatic nitrogens is 4. The lowest BCUT2D eigenvalue weighted by Gasteiger charge is -2.08. The van der Waals surface area contributed by atoms with Gasteiger partial charge in [-0.25, -0.2) is 14.6 Å². The molecule has 3 heterocycles. The molecule has 1 N–H and O–H groups in total. The highest BCUT2D eigenvalue weighted by atomic mass is 16.4. The number of amides is 1. The van der Waals surface area contributed by atoms with Crippen LogP contribution >= 0.6 is 0 Å². The van der Waals surface area contributed by atoms with Gasteiger partial charge in [0.25, 0.3) is 5.91 Å². The molecular formula is C21H21N5O2. The molecule has 4 rings (SSSR count). The maximum Gasteiger partial charge on any atom is 0.252 e. The van der Waals surface area contributed by atoms with E-state index in [9.17, 15) is 4.79 Å². The van der Waals surface area contributed by atoms with Crippen LogP contribution in [-0.4, -0.2) is 25.7 Å². The molecule has 0 aliphatic carbocycles. The van der Waals surface area contributed by atoms with E-state index >= 15 is 0 Å². The van der Waals surface area contributed by atoms with Gasteiger partial charge >= 0.3 is 0 Å². The van der Waals surface area contributed by atoms with Gasteiger partial charge in [-0.15, -0.1) is 0 Å². The van der Waals surface area contributed by atoms with E-state index in [2.05, 4.69) is 15.4 Å². The third-order valence-corrected chi connectivity index (χ3v) is 4.70. The van der Waals surface area contributed by atoms with Crippen LogP contribution in [0.15, 0.2) is 47.0 Å². The molecule has 0 atom stereocenters. The lowest BCUT2D eigenvalue weighted by Crippen LogP contribution is -2.23. The van der Waals surface area contributed by atoms with E-state index < -0.39 is 0 Å². The van der Waals surface area contributed by atoms with E-state index in [4.69, 9.17) is 9.40 Å². The number of pyridine rings is 1. The predicted octanol–water partition coefficient (Wildman–Crippen LogP) is 3.65. The molecule has 0 aliphatic heterocycles. The van der Waals surface area contributed by atoms with Gasteiger partial charge in [-0.2, -0.15) is 5.10 Å². The minimum absolute atomic E-state index is 0.214. The summed E-state index contributed by atoms with van der Waals surface area (Å²) in [5.74, 6) is 1.03. The molecule has 0 fully saturated rings. The first-order valence-corrected chi connectivity index (χ1v) is 9.20. The van der Waals surface area contributed by atoms with Gasteiger partial charge in [0.05, 0.1) is 35.1 Å². The van der Waals surface area contributed by atoms with Gasteiger partial charge in [0.15, 0.2) is 5.65 Å². The Morgan fingerprint density at radius 2 is 1.96 bits per heavy atom. The van der Waals surface area contributed by atoms with Crippen molar-refractivity contribution >= 4 is 16.9 Å². The van der Waals surface area contributed by atoms with Crippen molar-refractivity contribution in [3.05, 3.63) is 65.5 Å². The second kappa shape index (κ2) is 7.26. The van der Waals surface area contributed by atoms with E-state index in [-0.39, 0.29) is 12.5 Å². The van der Waals surface area contributed by atoms with Crippen molar-refractivity contribution in [2.75, 3.05) is 0 Å². The Morgan fingerprint density at radius 3 is 2.64 bits per heavy atom. The Hall–Kier alpha value is -3.48. The standard InChI is InChI=1S/C21H21N5O2/c1-4-26-20-17(11-23-26)16(10-18(25-20)15-8-6-5-7-9-15)21(27)22-12-19-24-13(2)14(3)28-19/h5-11H,4,12H2,1-3H3,(H,22,27). The minimum Gasteiger partial charge on any atom is -0.444 e. The normalized spacial score (nSPS) is 11.1. The Labute approximate surface area is 162 Å². The first-order valence-electron chi connectivity index (χ1n) is 9.20. The molecule has 28 heavy (non-hydrogen) atoms. The lowest BCUT2D eigenvalue weighted by atomic mass is 10.1. The quantitative estimate of drug-likeness (QED) is 0.575. The van der Waals surface area contributed by atoms with E-state index in [1.165, 1.54) is 0 Å². The van der Waals surface area contributed by atoms with E-state index in [1.807, 2.05) is 51.1 Å². The molecule has 4 aromatic rings. The summed E-state index contributed by atoms with van der Waals surface area (Å²) in [6.45, 7) is 6.62. The number of hydrogen-bond donors (Lipinski definition) is 1. The highest BCUT2D eigenvalue weighted by Gasteiger charge is 2.18. The minimum atomic E-state index is -0.214. The molecule has 1 aromatic carbocycles. The van der Waals surface area contributed by atoms with Crippen molar-refractivity contribution in [3.8, 4) is 11.3 Å². The molecule has 0 saturated carbocycles. The fraction of sp³-hybridized carbons (Fsp3) is 0.238. The summed E-state index contributed by atoms with van der Waals surface area (Å²) in [6, 6.07) is 11.6. The summed E-state index contributed by atoms with van der Waals surface area (Å²) in [6.07, 6.45) is 1.69. The molecule has 0 saturated heterocycles. The molecule has 3 aromatic heterocycles. The number of aryl methyl sites for hydroxylation is 3. The second-order valence-corrected chi connectivity index (χ2v) is 6.55. The maximum atomic E-state index is 13.0. The third kappa shape index (κ3) is 3.26. The molecule has 0 spiro atoms. The van der Waals surface area contributed by atoms with E-state index in [0.29, 0.717) is 23.6 Å². The van der Waals surface area contributed by atoms with E-state index in [0.717, 1.165) is 28.1 Å². The molecule has 0 aliphatic rings. The van der Waals surface area contributed by atoms with Crippen molar-refractivity contribution < 1.29 is 9.21 Å². The van der Waals surface area contributed by atoms with Crippen LogP contribution in [0.5, 0.6) is 0 Å². The number of carbonyl (C=O) groups is 1. The Bertz CT molecular complexity index is 1130. The average Bonchev–Trinajstić information content (AvgIpc) is 3.28. The summed E-state index contributed by atoms with van der Waals surface area (Å²) >= 11 is 0. The summed E-state index contributed by atoms with van der Waals surface area (Å²) in [4.78, 5) is 22.0. The molecule has 0 bridgehead atoms. The number of fused-ring (bicyclic) bond motifs is 1. The van der Waals surface area contributed by atoms with Gasteiger partial charge in [-0.1, -0.05) is 30.3 Å². The second-order valence-electron chi connectivity index (χ2n) is 6.55. The van der Waals surface area contributed by atoms with E-state index in [1.54, 1.807) is 16.9 Å². The van der Waals surface area contributed by atoms with Crippen molar-refractivity contribution in [3.63, 3.8) is 0 Å². The van der Waals surface area contributed by atoms with Crippen LogP contribution < -0.4 is 5.32 Å². The van der Waals surface area contributed by atoms with Crippen LogP contribution in [0.3, 0.4) is 0 Å². The number of hydrogen-bond acceptors (Lipinski definition) is 5. The van der Waals surface area contributed by atoms with Gasteiger partial charge in [-0.05, 0) is 26.8 Å². The molecule has 1 amide bonds. The summed E-state index contributed by atoms with van der Waals surface area (Å²) in [5.41, 5.74) is 3.73. The van der Waals surface area contributed by atoms with Crippen molar-refractivity contribution in [2.24, 2.45) is 0 Å². The van der Waals surface area contributed by atoms with Gasteiger partial charge in [0, 0.05) is 12.1 Å². The fourth-order valence-electron chi connectivity index (χ4n) is 3.09. The van der Waals surface area contributed by atoms with Crippen LogP contribution in [0.25, 0.3) is 22.3 Å². The topological polar surface area (TPSA) is 85.8 Å². The first kappa shape index (κ1) is 17.9. The summed E-state index contributed by atoms with van der Waals surface area (Å²) in [5, 5.41) is 7.98. The molecule has 0 radical (unpaired) electrons. The molecule has 142 valence electrons. The first-order chi connectivity index (χ1) is 13.6. The van der Waals surface area contributed by atoms with Crippen LogP contribution in [0.4, 0.5) is 0 Å². The van der Waals surface area contributed by atoms with Crippen LogP contribution in [0, 0.1) is 13.8 Å². The number of rotatable bonds is 5. The highest BCUT2D eigenvalue weighted by molar-refractivity contribution is 6.06. The number of nitrogens with one attached hydrogen (secondary N) is 1. The van der Waals surface area contributed by atoms with Gasteiger partial charge < -0.3 is 9.73 Å². The van der Waals surface area contributed by atoms with Crippen molar-refractivity contribution in [2.45, 2.75) is 33.9 Å². The van der Waals surface area contributed by atoms with Crippen LogP contribution in [0.2, 0.25) is 0 Å². The lowest BCUT2D eigenvalue weighted by molar-refractivity contribution is 0.0948. The number of nitrogens with zero attached hydrogens (tertiary/aromatic N) is 4. The van der Waals surface area contributed by atoms with Crippen molar-refractivity contribution in [1.29, 1.82) is 0 Å². The molecule has 7 heteroatoms. The monoisotopic (exact) mass is 375 g/mol. The zero-order valence-corrected chi connectivity index (χ0v) is 16.1. The zero-order chi connectivity index (χ0) is 19.7. The molecule has 7 nitrogen and oxygen atoms in total. The van der Waals surface area contributed by atoms with Crippen LogP contribution in [0.1, 0.15) is 34.6 Å². The SMILES string of the molecule is CCn1ncc2c(C(=O)NCc3nc(C)c(C)o3)cc(-c3ccccc3)nc21. The summed E-state index contributed by atoms with van der Waals surface area (Å²) in [7, 11) is 0. The van der Waals surface area contributed by atoms with Crippen LogP contribution in [-0.2, 0) is 13.1 Å². The van der Waals surface area contributed by atoms with Gasteiger partial charge in [0.1, 0.15) is 5.76 Å². The largest absolute Gasteiger partial charge is 0.444 e. The molecule has 0 unspecified atom stereocenters. The maximum absolute atomic E-state index is 13.0. The zero-order valence-electron chi connectivity index (χ0n) is 16.1.